The van der Waals surface area contributed by atoms with Gasteiger partial charge in [0.2, 0.25) is 0 Å². The van der Waals surface area contributed by atoms with Gasteiger partial charge in [0, 0.05) is 18.5 Å². The molecule has 0 aromatic carbocycles. The van der Waals surface area contributed by atoms with Crippen molar-refractivity contribution < 1.29 is 0 Å². The highest BCUT2D eigenvalue weighted by Crippen LogP contribution is 2.02. The fraction of sp³-hybridized carbons (Fsp3) is 0.222. The Morgan fingerprint density at radius 2 is 2.08 bits per heavy atom. The van der Waals surface area contributed by atoms with E-state index in [0.29, 0.717) is 0 Å². The molecule has 4 nitrogen and oxygen atoms in total. The van der Waals surface area contributed by atoms with Gasteiger partial charge in [-0.1, -0.05) is 0 Å². The largest absolute Gasteiger partial charge is 0.242 e. The van der Waals surface area contributed by atoms with Crippen LogP contribution in [0.4, 0.5) is 0 Å². The van der Waals surface area contributed by atoms with Gasteiger partial charge < -0.3 is 0 Å². The smallest absolute Gasteiger partial charge is 0.156 e. The Labute approximate surface area is 76.3 Å². The average Bonchev–Trinajstić information content (AvgIpc) is 2.52. The van der Waals surface area contributed by atoms with Crippen molar-refractivity contribution in [3.63, 3.8) is 0 Å². The molecule has 0 fully saturated rings. The second kappa shape index (κ2) is 2.97. The summed E-state index contributed by atoms with van der Waals surface area (Å²) in [6, 6.07) is 3.77. The first-order chi connectivity index (χ1) is 6.25. The molecular weight excluding hydrogens is 164 g/mol. The maximum absolute atomic E-state index is 4.25. The van der Waals surface area contributed by atoms with Crippen LogP contribution in [-0.4, -0.2) is 19.7 Å². The first-order valence-electron chi connectivity index (χ1n) is 4.08. The minimum absolute atomic E-state index is 0.755. The fourth-order valence-electron chi connectivity index (χ4n) is 1.11. The minimum atomic E-state index is 0.755. The Balaban J connectivity index is 2.46. The van der Waals surface area contributed by atoms with Gasteiger partial charge in [0.25, 0.3) is 0 Å². The normalized spacial score (nSPS) is 10.3. The summed E-state index contributed by atoms with van der Waals surface area (Å²) in [5, 5.41) is 4.25. The van der Waals surface area contributed by atoms with Gasteiger partial charge in [0.15, 0.2) is 5.82 Å². The van der Waals surface area contributed by atoms with Crippen molar-refractivity contribution >= 4 is 0 Å². The van der Waals surface area contributed by atoms with E-state index in [9.17, 15) is 0 Å². The van der Waals surface area contributed by atoms with Gasteiger partial charge in [0.05, 0.1) is 5.69 Å². The summed E-state index contributed by atoms with van der Waals surface area (Å²) >= 11 is 0. The van der Waals surface area contributed by atoms with Crippen LogP contribution < -0.4 is 0 Å². The molecule has 0 spiro atoms. The van der Waals surface area contributed by atoms with Crippen LogP contribution in [0.15, 0.2) is 24.5 Å². The maximum Gasteiger partial charge on any atom is 0.156 e. The molecular formula is C9H10N4. The van der Waals surface area contributed by atoms with Crippen molar-refractivity contribution in [2.24, 2.45) is 0 Å². The summed E-state index contributed by atoms with van der Waals surface area (Å²) in [5.41, 5.74) is 0.983. The Morgan fingerprint density at radius 3 is 2.69 bits per heavy atom. The monoisotopic (exact) mass is 174 g/mol. The van der Waals surface area contributed by atoms with Crippen LogP contribution in [0.5, 0.6) is 0 Å². The summed E-state index contributed by atoms with van der Waals surface area (Å²) in [6.45, 7) is 3.81. The van der Waals surface area contributed by atoms with Crippen molar-refractivity contribution in [3.05, 3.63) is 36.0 Å². The highest BCUT2D eigenvalue weighted by molar-refractivity contribution is 5.19. The van der Waals surface area contributed by atoms with Gasteiger partial charge >= 0.3 is 0 Å². The Bertz CT molecular complexity index is 419. The number of aromatic nitrogens is 4. The van der Waals surface area contributed by atoms with Crippen LogP contribution in [0.2, 0.25) is 0 Å². The first kappa shape index (κ1) is 7.91. The molecule has 0 atom stereocenters. The first-order valence-corrected chi connectivity index (χ1v) is 4.08. The maximum atomic E-state index is 4.25. The molecule has 0 aliphatic heterocycles. The third-order valence-corrected chi connectivity index (χ3v) is 1.72. The average molecular weight is 174 g/mol. The van der Waals surface area contributed by atoms with Gasteiger partial charge in [-0.25, -0.2) is 14.6 Å². The highest BCUT2D eigenvalue weighted by Gasteiger charge is 1.98. The zero-order valence-corrected chi connectivity index (χ0v) is 7.60. The molecule has 0 unspecified atom stereocenters. The molecule has 4 heteroatoms. The van der Waals surface area contributed by atoms with Crippen LogP contribution in [0.3, 0.4) is 0 Å². The topological polar surface area (TPSA) is 43.6 Å². The molecule has 0 saturated carbocycles. The van der Waals surface area contributed by atoms with Gasteiger partial charge in [0.1, 0.15) is 5.82 Å². The minimum Gasteiger partial charge on any atom is -0.242 e. The van der Waals surface area contributed by atoms with E-state index in [1.165, 1.54) is 0 Å². The summed E-state index contributed by atoms with van der Waals surface area (Å²) in [7, 11) is 0. The van der Waals surface area contributed by atoms with E-state index in [1.807, 2.05) is 32.2 Å². The van der Waals surface area contributed by atoms with Gasteiger partial charge in [-0.15, -0.1) is 0 Å². The van der Waals surface area contributed by atoms with Crippen LogP contribution in [0.1, 0.15) is 11.5 Å². The van der Waals surface area contributed by atoms with Crippen molar-refractivity contribution in [3.8, 4) is 5.82 Å². The van der Waals surface area contributed by atoms with Crippen LogP contribution in [-0.2, 0) is 0 Å². The summed E-state index contributed by atoms with van der Waals surface area (Å²) in [6.07, 6.45) is 3.62. The SMILES string of the molecule is Cc1ccn(-c2ccnc(C)n2)n1. The van der Waals surface area contributed by atoms with Crippen LogP contribution >= 0.6 is 0 Å². The summed E-state index contributed by atoms with van der Waals surface area (Å²) in [4.78, 5) is 8.27. The second-order valence-electron chi connectivity index (χ2n) is 2.86. The molecule has 2 aromatic heterocycles. The standard InChI is InChI=1S/C9H10N4/c1-7-4-6-13(12-7)9-3-5-10-8(2)11-9/h3-6H,1-2H3. The Morgan fingerprint density at radius 1 is 1.23 bits per heavy atom. The third kappa shape index (κ3) is 1.56. The van der Waals surface area contributed by atoms with E-state index in [-0.39, 0.29) is 0 Å². The van der Waals surface area contributed by atoms with Gasteiger partial charge in [-0.05, 0) is 19.9 Å². The van der Waals surface area contributed by atoms with E-state index in [2.05, 4.69) is 15.1 Å². The third-order valence-electron chi connectivity index (χ3n) is 1.72. The van der Waals surface area contributed by atoms with E-state index < -0.39 is 0 Å². The molecule has 13 heavy (non-hydrogen) atoms. The van der Waals surface area contributed by atoms with Crippen LogP contribution in [0, 0.1) is 13.8 Å². The van der Waals surface area contributed by atoms with Crippen molar-refractivity contribution in [1.29, 1.82) is 0 Å². The van der Waals surface area contributed by atoms with Crippen LogP contribution in [0.25, 0.3) is 5.82 Å². The quantitative estimate of drug-likeness (QED) is 0.654. The second-order valence-corrected chi connectivity index (χ2v) is 2.86. The van der Waals surface area contributed by atoms with E-state index in [0.717, 1.165) is 17.3 Å². The molecule has 0 aliphatic carbocycles. The van der Waals surface area contributed by atoms with Crippen molar-refractivity contribution in [2.75, 3.05) is 0 Å². The predicted octanol–water partition coefficient (Wildman–Crippen LogP) is 1.28. The molecule has 66 valence electrons. The zero-order valence-electron chi connectivity index (χ0n) is 7.60. The van der Waals surface area contributed by atoms with Gasteiger partial charge in [-0.2, -0.15) is 5.10 Å². The Kier molecular flexibility index (Phi) is 1.81. The highest BCUT2D eigenvalue weighted by atomic mass is 15.3. The molecule has 0 saturated heterocycles. The molecule has 0 N–H and O–H groups in total. The number of nitrogens with zero attached hydrogens (tertiary/aromatic N) is 4. The predicted molar refractivity (Wildman–Crippen MR) is 48.6 cm³/mol. The van der Waals surface area contributed by atoms with E-state index in [4.69, 9.17) is 0 Å². The summed E-state index contributed by atoms with van der Waals surface area (Å²) in [5.74, 6) is 1.56. The number of hydrogen-bond donors (Lipinski definition) is 0. The molecule has 2 aromatic rings. The molecule has 0 radical (unpaired) electrons. The zero-order chi connectivity index (χ0) is 9.26. The van der Waals surface area contributed by atoms with E-state index >= 15 is 0 Å². The number of hydrogen-bond acceptors (Lipinski definition) is 3. The van der Waals surface area contributed by atoms with Gasteiger partial charge in [-0.3, -0.25) is 0 Å². The molecule has 0 aliphatic rings. The lowest BCUT2D eigenvalue weighted by molar-refractivity contribution is 0.816. The lowest BCUT2D eigenvalue weighted by atomic mass is 10.5. The Hall–Kier alpha value is -1.71. The lowest BCUT2D eigenvalue weighted by Gasteiger charge is -1.99. The molecule has 2 heterocycles. The van der Waals surface area contributed by atoms with Crippen molar-refractivity contribution in [2.45, 2.75) is 13.8 Å². The fourth-order valence-corrected chi connectivity index (χ4v) is 1.11. The molecule has 0 amide bonds. The van der Waals surface area contributed by atoms with E-state index in [1.54, 1.807) is 10.9 Å². The van der Waals surface area contributed by atoms with Crippen molar-refractivity contribution in [1.82, 2.24) is 19.7 Å². The summed E-state index contributed by atoms with van der Waals surface area (Å²) < 4.78 is 1.74. The number of aryl methyl sites for hydroxylation is 2. The molecule has 0 bridgehead atoms. The molecule has 2 rings (SSSR count). The lowest BCUT2D eigenvalue weighted by Crippen LogP contribution is -2.00. The number of rotatable bonds is 1.